The Bertz CT molecular complexity index is 485. The van der Waals surface area contributed by atoms with Crippen molar-refractivity contribution in [2.45, 2.75) is 31.3 Å². The number of ether oxygens (including phenoxy) is 1. The average molecular weight is 343 g/mol. The molecule has 0 unspecified atom stereocenters. The molecule has 20 heavy (non-hydrogen) atoms. The van der Waals surface area contributed by atoms with Gasteiger partial charge in [-0.15, -0.1) is 0 Å². The lowest BCUT2D eigenvalue weighted by Gasteiger charge is -2.48. The number of nitrogens with zero attached hydrogens (tertiary/aromatic N) is 1. The second-order valence-electron chi connectivity index (χ2n) is 5.49. The maximum absolute atomic E-state index is 12.1. The van der Waals surface area contributed by atoms with Crippen LogP contribution in [-0.4, -0.2) is 42.8 Å². The predicted octanol–water partition coefficient (Wildman–Crippen LogP) is 2.55. The third-order valence-electron chi connectivity index (χ3n) is 4.08. The summed E-state index contributed by atoms with van der Waals surface area (Å²) in [4.78, 5) is 14.0. The van der Waals surface area contributed by atoms with Crippen LogP contribution < -0.4 is 5.32 Å². The maximum atomic E-state index is 12.1. The SMILES string of the molecule is O=C(NCCc1ccc(Br)o1)N1CCOC2(CCC2)C1. The number of rotatable bonds is 3. The van der Waals surface area contributed by atoms with Crippen LogP contribution in [0.25, 0.3) is 0 Å². The molecule has 1 aliphatic heterocycles. The molecule has 0 atom stereocenters. The second-order valence-corrected chi connectivity index (χ2v) is 6.28. The monoisotopic (exact) mass is 342 g/mol. The lowest BCUT2D eigenvalue weighted by molar-refractivity contribution is -0.141. The fourth-order valence-corrected chi connectivity index (χ4v) is 3.12. The highest BCUT2D eigenvalue weighted by Crippen LogP contribution is 2.38. The van der Waals surface area contributed by atoms with E-state index >= 15 is 0 Å². The fourth-order valence-electron chi connectivity index (χ4n) is 2.78. The van der Waals surface area contributed by atoms with Gasteiger partial charge < -0.3 is 19.4 Å². The Balaban J connectivity index is 1.44. The Morgan fingerprint density at radius 1 is 1.45 bits per heavy atom. The topological polar surface area (TPSA) is 54.7 Å². The number of morpholine rings is 1. The zero-order valence-corrected chi connectivity index (χ0v) is 12.9. The van der Waals surface area contributed by atoms with Gasteiger partial charge in [0.25, 0.3) is 0 Å². The molecule has 1 N–H and O–H groups in total. The van der Waals surface area contributed by atoms with Crippen molar-refractivity contribution in [2.24, 2.45) is 0 Å². The molecule has 3 rings (SSSR count). The van der Waals surface area contributed by atoms with Gasteiger partial charge in [0.2, 0.25) is 0 Å². The molecule has 1 saturated carbocycles. The number of furan rings is 1. The highest BCUT2D eigenvalue weighted by atomic mass is 79.9. The number of hydrogen-bond donors (Lipinski definition) is 1. The van der Waals surface area contributed by atoms with E-state index in [-0.39, 0.29) is 11.6 Å². The summed E-state index contributed by atoms with van der Waals surface area (Å²) in [5, 5.41) is 2.95. The Kier molecular flexibility index (Phi) is 4.03. The minimum absolute atomic E-state index is 0.00481. The summed E-state index contributed by atoms with van der Waals surface area (Å²) in [5.41, 5.74) is -0.0402. The fraction of sp³-hybridized carbons (Fsp3) is 0.643. The van der Waals surface area contributed by atoms with Crippen LogP contribution in [-0.2, 0) is 11.2 Å². The summed E-state index contributed by atoms with van der Waals surface area (Å²) in [5.74, 6) is 0.870. The van der Waals surface area contributed by atoms with Crippen molar-refractivity contribution < 1.29 is 13.9 Å². The molecule has 0 radical (unpaired) electrons. The summed E-state index contributed by atoms with van der Waals surface area (Å²) in [7, 11) is 0. The molecule has 0 bridgehead atoms. The molecule has 2 heterocycles. The van der Waals surface area contributed by atoms with Gasteiger partial charge in [-0.3, -0.25) is 0 Å². The maximum Gasteiger partial charge on any atom is 0.317 e. The minimum Gasteiger partial charge on any atom is -0.454 e. The number of amides is 2. The van der Waals surface area contributed by atoms with Crippen molar-refractivity contribution in [3.63, 3.8) is 0 Å². The number of carbonyl (C=O) groups excluding carboxylic acids is 1. The number of hydrogen-bond acceptors (Lipinski definition) is 3. The summed E-state index contributed by atoms with van der Waals surface area (Å²) in [6.45, 7) is 2.65. The van der Waals surface area contributed by atoms with Crippen molar-refractivity contribution in [1.82, 2.24) is 10.2 Å². The van der Waals surface area contributed by atoms with Crippen LogP contribution in [0.3, 0.4) is 0 Å². The van der Waals surface area contributed by atoms with Gasteiger partial charge in [0.1, 0.15) is 5.76 Å². The molecule has 2 aliphatic rings. The predicted molar refractivity (Wildman–Crippen MR) is 77.6 cm³/mol. The van der Waals surface area contributed by atoms with Crippen molar-refractivity contribution in [2.75, 3.05) is 26.2 Å². The molecule has 6 heteroatoms. The van der Waals surface area contributed by atoms with Crippen LogP contribution in [0.15, 0.2) is 21.2 Å². The smallest absolute Gasteiger partial charge is 0.317 e. The summed E-state index contributed by atoms with van der Waals surface area (Å²) in [6.07, 6.45) is 4.07. The molecule has 1 aromatic rings. The van der Waals surface area contributed by atoms with Crippen LogP contribution in [0.5, 0.6) is 0 Å². The van der Waals surface area contributed by atoms with Gasteiger partial charge in [-0.25, -0.2) is 4.79 Å². The zero-order chi connectivity index (χ0) is 14.0. The summed E-state index contributed by atoms with van der Waals surface area (Å²) >= 11 is 3.27. The average Bonchev–Trinajstić information content (AvgIpc) is 2.83. The van der Waals surface area contributed by atoms with E-state index in [1.807, 2.05) is 17.0 Å². The van der Waals surface area contributed by atoms with E-state index in [2.05, 4.69) is 21.2 Å². The molecule has 0 aromatic carbocycles. The number of urea groups is 1. The Morgan fingerprint density at radius 2 is 2.30 bits per heavy atom. The lowest BCUT2D eigenvalue weighted by Crippen LogP contribution is -2.58. The first-order valence-electron chi connectivity index (χ1n) is 7.08. The summed E-state index contributed by atoms with van der Waals surface area (Å²) in [6, 6.07) is 3.78. The molecule has 2 amide bonds. The van der Waals surface area contributed by atoms with Crippen molar-refractivity contribution in [1.29, 1.82) is 0 Å². The van der Waals surface area contributed by atoms with Crippen LogP contribution in [0.4, 0.5) is 4.79 Å². The van der Waals surface area contributed by atoms with Crippen LogP contribution in [0.2, 0.25) is 0 Å². The standard InChI is InChI=1S/C14H19BrN2O3/c15-12-3-2-11(20-12)4-7-16-13(18)17-8-9-19-14(10-17)5-1-6-14/h2-3H,1,4-10H2,(H,16,18). The van der Waals surface area contributed by atoms with E-state index < -0.39 is 0 Å². The lowest BCUT2D eigenvalue weighted by atomic mass is 9.79. The number of carbonyl (C=O) groups is 1. The van der Waals surface area contributed by atoms with E-state index in [1.165, 1.54) is 6.42 Å². The molecule has 1 aromatic heterocycles. The molecule has 5 nitrogen and oxygen atoms in total. The number of nitrogens with one attached hydrogen (secondary N) is 1. The van der Waals surface area contributed by atoms with E-state index in [4.69, 9.17) is 9.15 Å². The Hall–Kier alpha value is -1.01. The quantitative estimate of drug-likeness (QED) is 0.918. The van der Waals surface area contributed by atoms with Gasteiger partial charge in [0.05, 0.1) is 18.8 Å². The normalized spacial score (nSPS) is 20.8. The third kappa shape index (κ3) is 3.01. The van der Waals surface area contributed by atoms with Gasteiger partial charge in [-0.1, -0.05) is 0 Å². The van der Waals surface area contributed by atoms with Gasteiger partial charge in [0, 0.05) is 19.5 Å². The van der Waals surface area contributed by atoms with E-state index in [0.29, 0.717) is 26.1 Å². The molecular formula is C14H19BrN2O3. The van der Waals surface area contributed by atoms with Gasteiger partial charge in [0.15, 0.2) is 4.67 Å². The Morgan fingerprint density at radius 3 is 2.95 bits per heavy atom. The first kappa shape index (κ1) is 13.9. The molecule has 2 fully saturated rings. The molecule has 1 spiro atoms. The van der Waals surface area contributed by atoms with Crippen molar-refractivity contribution in [3.8, 4) is 0 Å². The van der Waals surface area contributed by atoms with Gasteiger partial charge >= 0.3 is 6.03 Å². The van der Waals surface area contributed by atoms with Crippen LogP contribution in [0, 0.1) is 0 Å². The van der Waals surface area contributed by atoms with Crippen LogP contribution >= 0.6 is 15.9 Å². The first-order chi connectivity index (χ1) is 9.67. The summed E-state index contributed by atoms with van der Waals surface area (Å²) < 4.78 is 11.9. The number of halogens is 1. The highest BCUT2D eigenvalue weighted by Gasteiger charge is 2.43. The first-order valence-corrected chi connectivity index (χ1v) is 7.87. The van der Waals surface area contributed by atoms with E-state index in [9.17, 15) is 4.79 Å². The molecule has 1 saturated heterocycles. The van der Waals surface area contributed by atoms with Crippen molar-refractivity contribution in [3.05, 3.63) is 22.6 Å². The minimum atomic E-state index is -0.0402. The second kappa shape index (κ2) is 5.77. The largest absolute Gasteiger partial charge is 0.454 e. The van der Waals surface area contributed by atoms with Gasteiger partial charge in [-0.05, 0) is 47.3 Å². The van der Waals surface area contributed by atoms with Crippen molar-refractivity contribution >= 4 is 22.0 Å². The van der Waals surface area contributed by atoms with Crippen LogP contribution in [0.1, 0.15) is 25.0 Å². The molecule has 1 aliphatic carbocycles. The molecular weight excluding hydrogens is 324 g/mol. The Labute approximate surface area is 126 Å². The van der Waals surface area contributed by atoms with E-state index in [0.717, 1.165) is 29.8 Å². The third-order valence-corrected chi connectivity index (χ3v) is 4.50. The molecule has 110 valence electrons. The van der Waals surface area contributed by atoms with Gasteiger partial charge in [-0.2, -0.15) is 0 Å². The highest BCUT2D eigenvalue weighted by molar-refractivity contribution is 9.10. The van der Waals surface area contributed by atoms with E-state index in [1.54, 1.807) is 0 Å². The zero-order valence-electron chi connectivity index (χ0n) is 11.4.